The van der Waals surface area contributed by atoms with Crippen LogP contribution in [0.1, 0.15) is 22.3 Å². The van der Waals surface area contributed by atoms with Crippen LogP contribution < -0.4 is 0 Å². The van der Waals surface area contributed by atoms with Gasteiger partial charge in [-0.3, -0.25) is 4.18 Å². The highest BCUT2D eigenvalue weighted by atomic mass is 32.2. The minimum Gasteiger partial charge on any atom is -0.376 e. The maximum absolute atomic E-state index is 13.3. The molecule has 0 radical (unpaired) electrons. The number of rotatable bonds is 13. The Morgan fingerprint density at radius 3 is 1.44 bits per heavy atom. The zero-order chi connectivity index (χ0) is 31.1. The van der Waals surface area contributed by atoms with Gasteiger partial charge in [0.25, 0.3) is 0 Å². The lowest BCUT2D eigenvalue weighted by atomic mass is 9.76. The molecule has 0 N–H and O–H groups in total. The minimum absolute atomic E-state index is 0.204. The average molecular weight is 630 g/mol. The second kappa shape index (κ2) is 14.8. The first kappa shape index (κ1) is 31.6. The van der Waals surface area contributed by atoms with Crippen LogP contribution >= 0.6 is 0 Å². The van der Waals surface area contributed by atoms with Crippen LogP contribution in [0.5, 0.6) is 0 Å². The summed E-state index contributed by atoms with van der Waals surface area (Å²) in [6, 6.07) is 38.8. The van der Waals surface area contributed by atoms with Gasteiger partial charge in [-0.2, -0.15) is 12.7 Å². The van der Waals surface area contributed by atoms with Crippen molar-refractivity contribution in [3.05, 3.63) is 144 Å². The summed E-state index contributed by atoms with van der Waals surface area (Å²) < 4.78 is 60.0. The fourth-order valence-electron chi connectivity index (χ4n) is 6.13. The zero-order valence-corrected chi connectivity index (χ0v) is 26.1. The SMILES string of the molecule is CN1[C@@H]2[C@H](OCc3ccccc3)[C@@H](OCc3ccccc3)[C@H](OCc3ccccc3)[C@@H](COCc3ccccc3)[C@@H]2OS1(=O)=O. The van der Waals surface area contributed by atoms with Crippen LogP contribution in [0, 0.1) is 5.92 Å². The van der Waals surface area contributed by atoms with Gasteiger partial charge in [-0.05, 0) is 22.3 Å². The molecule has 1 saturated carbocycles. The van der Waals surface area contributed by atoms with Crippen LogP contribution in [0.4, 0.5) is 0 Å². The van der Waals surface area contributed by atoms with E-state index < -0.39 is 46.7 Å². The van der Waals surface area contributed by atoms with Crippen molar-refractivity contribution in [2.45, 2.75) is 56.9 Å². The molecule has 4 aromatic carbocycles. The lowest BCUT2D eigenvalue weighted by Crippen LogP contribution is -2.65. The molecule has 2 fully saturated rings. The summed E-state index contributed by atoms with van der Waals surface area (Å²) in [6.45, 7) is 1.45. The van der Waals surface area contributed by atoms with E-state index in [0.717, 1.165) is 22.3 Å². The van der Waals surface area contributed by atoms with E-state index in [4.69, 9.17) is 23.1 Å². The molecule has 0 bridgehead atoms. The summed E-state index contributed by atoms with van der Waals surface area (Å²) in [5, 5.41) is 0. The molecule has 1 heterocycles. The zero-order valence-electron chi connectivity index (χ0n) is 25.3. The van der Waals surface area contributed by atoms with E-state index in [1.54, 1.807) is 7.05 Å². The summed E-state index contributed by atoms with van der Waals surface area (Å²) in [4.78, 5) is 0. The van der Waals surface area contributed by atoms with Crippen molar-refractivity contribution in [2.24, 2.45) is 5.92 Å². The van der Waals surface area contributed by atoms with Crippen LogP contribution in [-0.2, 0) is 59.9 Å². The first-order valence-corrected chi connectivity index (χ1v) is 16.6. The molecule has 1 saturated heterocycles. The number of hydrogen-bond acceptors (Lipinski definition) is 7. The molecule has 9 heteroatoms. The highest BCUT2D eigenvalue weighted by Crippen LogP contribution is 2.43. The quantitative estimate of drug-likeness (QED) is 0.192. The Bertz CT molecular complexity index is 1580. The molecule has 6 atom stereocenters. The van der Waals surface area contributed by atoms with Crippen LogP contribution in [0.25, 0.3) is 0 Å². The second-order valence-electron chi connectivity index (χ2n) is 11.5. The van der Waals surface area contributed by atoms with Gasteiger partial charge >= 0.3 is 10.3 Å². The van der Waals surface area contributed by atoms with Gasteiger partial charge in [-0.1, -0.05) is 121 Å². The monoisotopic (exact) mass is 629 g/mol. The standard InChI is InChI=1S/C36H39NO7S/c1-37-32-33(44-45(37,38)39)31(26-40-22-27-14-6-2-7-15-27)34(41-23-28-16-8-3-9-17-28)36(43-25-30-20-12-5-13-21-30)35(32)42-24-29-18-10-4-11-19-29/h2-21,31-36H,22-26H2,1H3/t31-,32-,33-,34+,35-,36-/m0/s1. The first-order chi connectivity index (χ1) is 22.0. The van der Waals surface area contributed by atoms with Gasteiger partial charge in [0.1, 0.15) is 18.3 Å². The Kier molecular flexibility index (Phi) is 10.4. The average Bonchev–Trinajstić information content (AvgIpc) is 3.32. The van der Waals surface area contributed by atoms with E-state index in [-0.39, 0.29) is 13.2 Å². The third-order valence-corrected chi connectivity index (χ3v) is 9.86. The smallest absolute Gasteiger partial charge is 0.338 e. The summed E-state index contributed by atoms with van der Waals surface area (Å²) in [6.07, 6.45) is -2.70. The molecule has 0 amide bonds. The van der Waals surface area contributed by atoms with Crippen LogP contribution in [-0.4, -0.2) is 56.8 Å². The number of fused-ring (bicyclic) bond motifs is 1. The van der Waals surface area contributed by atoms with Crippen LogP contribution in [0.15, 0.2) is 121 Å². The fraction of sp³-hybridized carbons (Fsp3) is 0.333. The number of nitrogens with zero attached hydrogens (tertiary/aromatic N) is 1. The molecule has 0 unspecified atom stereocenters. The number of likely N-dealkylation sites (N-methyl/N-ethyl adjacent to an activating group) is 1. The second-order valence-corrected chi connectivity index (χ2v) is 13.1. The summed E-state index contributed by atoms with van der Waals surface area (Å²) in [5.41, 5.74) is 3.97. The van der Waals surface area contributed by atoms with E-state index in [0.29, 0.717) is 19.8 Å². The van der Waals surface area contributed by atoms with Gasteiger partial charge < -0.3 is 18.9 Å². The Morgan fingerprint density at radius 2 is 0.978 bits per heavy atom. The fourth-order valence-corrected chi connectivity index (χ4v) is 7.34. The molecule has 0 spiro atoms. The normalized spacial score (nSPS) is 26.0. The van der Waals surface area contributed by atoms with E-state index >= 15 is 0 Å². The predicted octanol–water partition coefficient (Wildman–Crippen LogP) is 5.53. The molecule has 4 aromatic rings. The molecule has 236 valence electrons. The molecule has 2 aliphatic rings. The van der Waals surface area contributed by atoms with Gasteiger partial charge in [0, 0.05) is 13.0 Å². The largest absolute Gasteiger partial charge is 0.376 e. The van der Waals surface area contributed by atoms with Crippen molar-refractivity contribution in [1.29, 1.82) is 0 Å². The Balaban J connectivity index is 1.35. The predicted molar refractivity (Wildman–Crippen MR) is 170 cm³/mol. The van der Waals surface area contributed by atoms with Crippen molar-refractivity contribution in [3.63, 3.8) is 0 Å². The van der Waals surface area contributed by atoms with Gasteiger partial charge in [-0.25, -0.2) is 0 Å². The van der Waals surface area contributed by atoms with E-state index in [2.05, 4.69) is 0 Å². The maximum atomic E-state index is 13.3. The lowest BCUT2D eigenvalue weighted by molar-refractivity contribution is -0.224. The van der Waals surface area contributed by atoms with Crippen molar-refractivity contribution < 1.29 is 31.5 Å². The third kappa shape index (κ3) is 7.70. The Labute approximate surface area is 265 Å². The lowest BCUT2D eigenvalue weighted by Gasteiger charge is -2.47. The van der Waals surface area contributed by atoms with Gasteiger partial charge in [-0.15, -0.1) is 0 Å². The summed E-state index contributed by atoms with van der Waals surface area (Å²) in [7, 11) is -2.49. The first-order valence-electron chi connectivity index (χ1n) is 15.2. The maximum Gasteiger partial charge on any atom is 0.338 e. The van der Waals surface area contributed by atoms with Crippen molar-refractivity contribution in [3.8, 4) is 0 Å². The van der Waals surface area contributed by atoms with Gasteiger partial charge in [0.2, 0.25) is 0 Å². The van der Waals surface area contributed by atoms with E-state index in [9.17, 15) is 8.42 Å². The van der Waals surface area contributed by atoms with Crippen molar-refractivity contribution >= 4 is 10.3 Å². The topological polar surface area (TPSA) is 83.5 Å². The Morgan fingerprint density at radius 1 is 0.578 bits per heavy atom. The van der Waals surface area contributed by atoms with E-state index in [1.807, 2.05) is 121 Å². The molecule has 1 aliphatic carbocycles. The van der Waals surface area contributed by atoms with Crippen LogP contribution in [0.3, 0.4) is 0 Å². The Hall–Kier alpha value is -3.41. The number of hydrogen-bond donors (Lipinski definition) is 0. The highest BCUT2D eigenvalue weighted by Gasteiger charge is 2.61. The minimum atomic E-state index is -4.03. The van der Waals surface area contributed by atoms with Crippen molar-refractivity contribution in [1.82, 2.24) is 4.31 Å². The molecule has 8 nitrogen and oxygen atoms in total. The van der Waals surface area contributed by atoms with Gasteiger partial charge in [0.05, 0.1) is 45.2 Å². The van der Waals surface area contributed by atoms with Crippen molar-refractivity contribution in [2.75, 3.05) is 13.7 Å². The van der Waals surface area contributed by atoms with Gasteiger partial charge in [0.15, 0.2) is 0 Å². The molecule has 0 aromatic heterocycles. The summed E-state index contributed by atoms with van der Waals surface area (Å²) in [5.74, 6) is -0.473. The molecule has 45 heavy (non-hydrogen) atoms. The summed E-state index contributed by atoms with van der Waals surface area (Å²) >= 11 is 0. The molecule has 6 rings (SSSR count). The molecular formula is C36H39NO7S. The van der Waals surface area contributed by atoms with Crippen LogP contribution in [0.2, 0.25) is 0 Å². The number of benzene rings is 4. The highest BCUT2D eigenvalue weighted by molar-refractivity contribution is 7.84. The third-order valence-electron chi connectivity index (χ3n) is 8.45. The molecule has 1 aliphatic heterocycles. The van der Waals surface area contributed by atoms with E-state index in [1.165, 1.54) is 4.31 Å². The molecular weight excluding hydrogens is 590 g/mol. The number of ether oxygens (including phenoxy) is 4.